The fraction of sp³-hybridized carbons (Fsp3) is 0.743. The maximum Gasteiger partial charge on any atom is 0.410 e. The van der Waals surface area contributed by atoms with Crippen LogP contribution < -0.4 is 5.73 Å². The number of benzene rings is 1. The molecule has 1 amide bonds. The second kappa shape index (κ2) is 9.87. The third-order valence-corrected chi connectivity index (χ3v) is 13.1. The predicted octanol–water partition coefficient (Wildman–Crippen LogP) is 7.10. The molecule has 11 atom stereocenters. The summed E-state index contributed by atoms with van der Waals surface area (Å²) < 4.78 is 13.1. The van der Waals surface area contributed by atoms with Crippen molar-refractivity contribution in [2.75, 3.05) is 6.54 Å². The van der Waals surface area contributed by atoms with Crippen LogP contribution in [0.4, 0.5) is 4.79 Å². The van der Waals surface area contributed by atoms with E-state index in [0.717, 1.165) is 48.6 Å². The lowest BCUT2D eigenvalue weighted by atomic mass is 9.52. The number of carbonyl (C=O) groups excluding carboxylic acids is 1. The lowest BCUT2D eigenvalue weighted by Crippen LogP contribution is -2.54. The summed E-state index contributed by atoms with van der Waals surface area (Å²) in [5, 5.41) is 0. The van der Waals surface area contributed by atoms with Crippen LogP contribution in [0.1, 0.15) is 91.0 Å². The summed E-state index contributed by atoms with van der Waals surface area (Å²) in [5.74, 6) is 3.83. The highest BCUT2D eigenvalue weighted by Crippen LogP contribution is 2.66. The Kier molecular flexibility index (Phi) is 6.66. The number of ether oxygens (including phenoxy) is 2. The first-order valence-electron chi connectivity index (χ1n) is 16.3. The summed E-state index contributed by atoms with van der Waals surface area (Å²) >= 11 is 0. The Morgan fingerprint density at radius 1 is 1.10 bits per heavy atom. The van der Waals surface area contributed by atoms with Crippen LogP contribution in [0.25, 0.3) is 0 Å². The minimum atomic E-state index is -0.244. The molecule has 5 unspecified atom stereocenters. The highest BCUT2D eigenvalue weighted by atomic mass is 16.6. The number of nitrogens with zero attached hydrogens (tertiary/aromatic N) is 1. The van der Waals surface area contributed by atoms with E-state index >= 15 is 0 Å². The third kappa shape index (κ3) is 4.04. The number of carbonyl (C=O) groups is 1. The predicted molar refractivity (Wildman–Crippen MR) is 157 cm³/mol. The van der Waals surface area contributed by atoms with Crippen LogP contribution in [0.5, 0.6) is 0 Å². The van der Waals surface area contributed by atoms with Gasteiger partial charge in [0.2, 0.25) is 0 Å². The summed E-state index contributed by atoms with van der Waals surface area (Å²) in [5.41, 5.74) is 10.9. The zero-order valence-corrected chi connectivity index (χ0v) is 25.1. The van der Waals surface area contributed by atoms with Crippen molar-refractivity contribution in [3.63, 3.8) is 0 Å². The molecule has 7 rings (SSSR count). The number of likely N-dealkylation sites (tertiary alicyclic amines) is 1. The first kappa shape index (κ1) is 27.0. The van der Waals surface area contributed by atoms with E-state index in [1.807, 2.05) is 35.2 Å². The van der Waals surface area contributed by atoms with Crippen LogP contribution in [0.3, 0.4) is 0 Å². The van der Waals surface area contributed by atoms with E-state index < -0.39 is 0 Å². The van der Waals surface area contributed by atoms with Crippen LogP contribution in [0, 0.1) is 40.9 Å². The van der Waals surface area contributed by atoms with Gasteiger partial charge in [0.15, 0.2) is 0 Å². The summed E-state index contributed by atoms with van der Waals surface area (Å²) in [7, 11) is 0. The average molecular weight is 547 g/mol. The molecule has 4 aliphatic carbocycles. The highest BCUT2D eigenvalue weighted by Gasteiger charge is 2.63. The molecule has 2 saturated heterocycles. The fourth-order valence-electron chi connectivity index (χ4n) is 11.0. The first-order chi connectivity index (χ1) is 19.2. The fourth-order valence-corrected chi connectivity index (χ4v) is 11.0. The number of nitrogens with two attached hydrogens (primary N) is 1. The molecule has 5 heteroatoms. The van der Waals surface area contributed by atoms with Crippen LogP contribution >= 0.6 is 0 Å². The van der Waals surface area contributed by atoms with Crippen molar-refractivity contribution in [3.8, 4) is 0 Å². The van der Waals surface area contributed by atoms with Gasteiger partial charge in [-0.25, -0.2) is 4.79 Å². The summed E-state index contributed by atoms with van der Waals surface area (Å²) in [6.07, 6.45) is 11.0. The normalized spacial score (nSPS) is 46.0. The van der Waals surface area contributed by atoms with Crippen molar-refractivity contribution in [2.24, 2.45) is 46.7 Å². The van der Waals surface area contributed by atoms with E-state index in [2.05, 4.69) is 27.7 Å². The summed E-state index contributed by atoms with van der Waals surface area (Å²) in [4.78, 5) is 15.6. The van der Waals surface area contributed by atoms with Gasteiger partial charge < -0.3 is 20.1 Å². The molecule has 0 aromatic heterocycles. The molecule has 218 valence electrons. The molecule has 1 aromatic carbocycles. The molecule has 3 saturated carbocycles. The van der Waals surface area contributed by atoms with Gasteiger partial charge in [-0.2, -0.15) is 0 Å². The zero-order valence-electron chi connectivity index (χ0n) is 25.1. The minimum Gasteiger partial charge on any atom is -0.445 e. The largest absolute Gasteiger partial charge is 0.445 e. The number of allylic oxidation sites excluding steroid dienone is 1. The number of amides is 1. The Balaban J connectivity index is 1.15. The Labute approximate surface area is 241 Å². The van der Waals surface area contributed by atoms with Crippen molar-refractivity contribution in [2.45, 2.75) is 116 Å². The molecule has 0 radical (unpaired) electrons. The van der Waals surface area contributed by atoms with Crippen molar-refractivity contribution in [1.29, 1.82) is 0 Å². The maximum absolute atomic E-state index is 13.5. The number of hydrogen-bond acceptors (Lipinski definition) is 4. The van der Waals surface area contributed by atoms with Crippen LogP contribution in [-0.2, 0) is 16.1 Å². The molecule has 5 nitrogen and oxygen atoms in total. The second-order valence-corrected chi connectivity index (χ2v) is 14.9. The van der Waals surface area contributed by atoms with Gasteiger partial charge in [0.05, 0.1) is 17.7 Å². The lowest BCUT2D eigenvalue weighted by molar-refractivity contribution is -0.0665. The molecular formula is C35H50N2O3. The molecule has 2 heterocycles. The Bertz CT molecular complexity index is 1170. The SMILES string of the molecule is CC1=C2C[C@H]3C(CC[C@@H]4C[C@H](N)CCC43C)[C@@H]2CCC12O[C@@H]1CC(C)CN(C(=O)OCc3ccccc3)C1[C@H]2C. The van der Waals surface area contributed by atoms with E-state index in [1.54, 1.807) is 5.57 Å². The van der Waals surface area contributed by atoms with Gasteiger partial charge in [0.1, 0.15) is 6.61 Å². The molecule has 6 aliphatic rings. The Morgan fingerprint density at radius 3 is 2.70 bits per heavy atom. The molecule has 0 bridgehead atoms. The van der Waals surface area contributed by atoms with Crippen molar-refractivity contribution in [1.82, 2.24) is 4.90 Å². The topological polar surface area (TPSA) is 64.8 Å². The van der Waals surface area contributed by atoms with Crippen molar-refractivity contribution < 1.29 is 14.3 Å². The smallest absolute Gasteiger partial charge is 0.410 e. The number of rotatable bonds is 2. The second-order valence-electron chi connectivity index (χ2n) is 14.9. The molecular weight excluding hydrogens is 496 g/mol. The van der Waals surface area contributed by atoms with Crippen molar-refractivity contribution in [3.05, 3.63) is 47.0 Å². The number of piperidine rings is 1. The zero-order chi connectivity index (χ0) is 27.8. The monoisotopic (exact) mass is 546 g/mol. The quantitative estimate of drug-likeness (QED) is 0.402. The van der Waals surface area contributed by atoms with Crippen molar-refractivity contribution >= 4 is 6.09 Å². The average Bonchev–Trinajstić information content (AvgIpc) is 3.47. The molecule has 40 heavy (non-hydrogen) atoms. The lowest BCUT2D eigenvalue weighted by Gasteiger charge is -2.54. The van der Waals surface area contributed by atoms with E-state index in [-0.39, 0.29) is 29.8 Å². The van der Waals surface area contributed by atoms with Gasteiger partial charge in [0, 0.05) is 18.5 Å². The van der Waals surface area contributed by atoms with Gasteiger partial charge >= 0.3 is 6.09 Å². The summed E-state index contributed by atoms with van der Waals surface area (Å²) in [6.45, 7) is 10.7. The molecule has 1 aromatic rings. The maximum atomic E-state index is 13.5. The standard InChI is InChI=1S/C35H50N2O3/c1-21-16-31-32(37(19-21)33(38)39-20-24-8-6-5-7-9-24)23(3)35(40-31)15-13-27-28-11-10-25-17-26(36)12-14-34(25,4)30(28)18-29(27)22(35)2/h5-9,21,23,25-28,30-32H,10-20,36H2,1-4H3/t21?,23-,25-,26-,27+,28?,30+,31-,32?,34?,35?/m1/s1. The van der Waals surface area contributed by atoms with Gasteiger partial charge in [0.25, 0.3) is 0 Å². The third-order valence-electron chi connectivity index (χ3n) is 13.1. The van der Waals surface area contributed by atoms with Crippen LogP contribution in [-0.4, -0.2) is 41.3 Å². The number of hydrogen-bond donors (Lipinski definition) is 1. The first-order valence-corrected chi connectivity index (χ1v) is 16.3. The van der Waals surface area contributed by atoms with Gasteiger partial charge in [-0.05, 0) is 111 Å². The molecule has 2 N–H and O–H groups in total. The highest BCUT2D eigenvalue weighted by molar-refractivity contribution is 5.68. The Morgan fingerprint density at radius 2 is 1.90 bits per heavy atom. The molecule has 1 spiro atoms. The van der Waals surface area contributed by atoms with Crippen LogP contribution in [0.2, 0.25) is 0 Å². The molecule has 2 aliphatic heterocycles. The van der Waals surface area contributed by atoms with Gasteiger partial charge in [-0.15, -0.1) is 0 Å². The van der Waals surface area contributed by atoms with Crippen LogP contribution in [0.15, 0.2) is 41.5 Å². The number of fused-ring (bicyclic) bond motifs is 6. The van der Waals surface area contributed by atoms with E-state index in [4.69, 9.17) is 15.2 Å². The molecule has 5 fully saturated rings. The van der Waals surface area contributed by atoms with E-state index in [1.165, 1.54) is 50.5 Å². The van der Waals surface area contributed by atoms with E-state index in [9.17, 15) is 4.79 Å². The minimum absolute atomic E-state index is 0.0805. The van der Waals surface area contributed by atoms with E-state index in [0.29, 0.717) is 24.0 Å². The Hall–Kier alpha value is -1.85. The van der Waals surface area contributed by atoms with Gasteiger partial charge in [-0.1, -0.05) is 56.7 Å². The van der Waals surface area contributed by atoms with Gasteiger partial charge in [-0.3, -0.25) is 0 Å². The summed E-state index contributed by atoms with van der Waals surface area (Å²) in [6, 6.07) is 10.5.